The number of rotatable bonds is 2. The molecule has 0 bridgehead atoms. The monoisotopic (exact) mass is 311 g/mol. The number of aryl methyl sites for hydroxylation is 2. The van der Waals surface area contributed by atoms with E-state index in [1.165, 1.54) is 5.56 Å². The molecule has 0 saturated carbocycles. The first-order chi connectivity index (χ1) is 7.99. The van der Waals surface area contributed by atoms with Gasteiger partial charge in [0.05, 0.1) is 5.69 Å². The Balaban J connectivity index is 2.56. The van der Waals surface area contributed by atoms with Crippen molar-refractivity contribution in [1.82, 2.24) is 4.98 Å². The Morgan fingerprint density at radius 2 is 2.06 bits per heavy atom. The predicted molar refractivity (Wildman–Crippen MR) is 75.4 cm³/mol. The molecule has 0 amide bonds. The smallest absolute Gasteiger partial charge is 0.122 e. The zero-order valence-corrected chi connectivity index (χ0v) is 12.4. The van der Waals surface area contributed by atoms with Crippen molar-refractivity contribution >= 4 is 27.3 Å². The molecule has 1 atom stereocenters. The summed E-state index contributed by atoms with van der Waals surface area (Å²) in [5.41, 5.74) is 3.29. The highest BCUT2D eigenvalue weighted by atomic mass is 79.9. The highest BCUT2D eigenvalue weighted by Gasteiger charge is 2.14. The third kappa shape index (κ3) is 2.59. The lowest BCUT2D eigenvalue weighted by molar-refractivity contribution is 0.199. The van der Waals surface area contributed by atoms with Gasteiger partial charge in [-0.05, 0) is 38.5 Å². The highest BCUT2D eigenvalue weighted by Crippen LogP contribution is 2.33. The van der Waals surface area contributed by atoms with E-state index in [1.54, 1.807) is 18.3 Å². The van der Waals surface area contributed by atoms with E-state index in [4.69, 9.17) is 0 Å². The van der Waals surface area contributed by atoms with Crippen molar-refractivity contribution in [2.45, 2.75) is 26.9 Å². The van der Waals surface area contributed by atoms with Crippen molar-refractivity contribution in [3.63, 3.8) is 0 Å². The second-order valence-electron chi connectivity index (χ2n) is 4.09. The van der Waals surface area contributed by atoms with Crippen LogP contribution in [-0.2, 0) is 0 Å². The van der Waals surface area contributed by atoms with Crippen molar-refractivity contribution in [1.29, 1.82) is 0 Å². The van der Waals surface area contributed by atoms with Crippen molar-refractivity contribution in [2.75, 3.05) is 0 Å². The van der Waals surface area contributed by atoms with Crippen LogP contribution in [0.4, 0.5) is 0 Å². The molecule has 1 heterocycles. The summed E-state index contributed by atoms with van der Waals surface area (Å²) in [6.45, 7) is 5.86. The van der Waals surface area contributed by atoms with Crippen LogP contribution in [0.15, 0.2) is 22.7 Å². The van der Waals surface area contributed by atoms with Crippen LogP contribution in [0, 0.1) is 13.8 Å². The second kappa shape index (κ2) is 4.88. The molecule has 17 heavy (non-hydrogen) atoms. The van der Waals surface area contributed by atoms with Crippen molar-refractivity contribution in [3.05, 3.63) is 38.1 Å². The molecule has 0 radical (unpaired) electrons. The third-order valence-corrected chi connectivity index (χ3v) is 4.26. The lowest BCUT2D eigenvalue weighted by atomic mass is 10.1. The minimum absolute atomic E-state index is 0.500. The van der Waals surface area contributed by atoms with E-state index < -0.39 is 6.10 Å². The van der Waals surface area contributed by atoms with Gasteiger partial charge in [-0.25, -0.2) is 4.98 Å². The van der Waals surface area contributed by atoms with Gasteiger partial charge in [0.1, 0.15) is 11.1 Å². The number of aromatic nitrogens is 1. The Kier molecular flexibility index (Phi) is 3.66. The SMILES string of the molecule is Cc1ccc(Br)cc1-c1nc(C(C)O)sc1C. The summed E-state index contributed by atoms with van der Waals surface area (Å²) in [7, 11) is 0. The summed E-state index contributed by atoms with van der Waals surface area (Å²) < 4.78 is 1.05. The van der Waals surface area contributed by atoms with Crippen molar-refractivity contribution in [2.24, 2.45) is 0 Å². The molecule has 4 heteroatoms. The molecule has 0 fully saturated rings. The first-order valence-corrected chi connectivity index (χ1v) is 7.02. The van der Waals surface area contributed by atoms with Crippen LogP contribution in [0.3, 0.4) is 0 Å². The van der Waals surface area contributed by atoms with Crippen molar-refractivity contribution in [3.8, 4) is 11.3 Å². The van der Waals surface area contributed by atoms with Crippen LogP contribution >= 0.6 is 27.3 Å². The molecule has 2 rings (SSSR count). The predicted octanol–water partition coefficient (Wildman–Crippen LogP) is 4.24. The van der Waals surface area contributed by atoms with Gasteiger partial charge in [0.2, 0.25) is 0 Å². The number of benzene rings is 1. The van der Waals surface area contributed by atoms with Gasteiger partial charge in [-0.3, -0.25) is 0 Å². The van der Waals surface area contributed by atoms with E-state index in [1.807, 2.05) is 13.0 Å². The maximum Gasteiger partial charge on any atom is 0.122 e. The van der Waals surface area contributed by atoms with Gasteiger partial charge in [0.25, 0.3) is 0 Å². The molecule has 0 aliphatic rings. The van der Waals surface area contributed by atoms with Gasteiger partial charge in [-0.2, -0.15) is 0 Å². The normalized spacial score (nSPS) is 12.8. The molecule has 1 unspecified atom stereocenters. The van der Waals surface area contributed by atoms with E-state index >= 15 is 0 Å². The van der Waals surface area contributed by atoms with E-state index in [0.717, 1.165) is 25.6 Å². The number of aliphatic hydroxyl groups is 1. The maximum atomic E-state index is 9.57. The maximum absolute atomic E-state index is 9.57. The number of aliphatic hydroxyl groups excluding tert-OH is 1. The molecule has 2 aromatic rings. The van der Waals surface area contributed by atoms with Crippen LogP contribution in [-0.4, -0.2) is 10.1 Å². The fraction of sp³-hybridized carbons (Fsp3) is 0.308. The minimum atomic E-state index is -0.500. The Bertz CT molecular complexity index is 548. The fourth-order valence-electron chi connectivity index (χ4n) is 1.69. The molecule has 0 aliphatic heterocycles. The van der Waals surface area contributed by atoms with Crippen LogP contribution < -0.4 is 0 Å². The Labute approximate surface area is 113 Å². The molecule has 2 nitrogen and oxygen atoms in total. The summed E-state index contributed by atoms with van der Waals surface area (Å²) in [5.74, 6) is 0. The second-order valence-corrected chi connectivity index (χ2v) is 6.24. The summed E-state index contributed by atoms with van der Waals surface area (Å²) >= 11 is 5.04. The lowest BCUT2D eigenvalue weighted by Gasteiger charge is -2.04. The van der Waals surface area contributed by atoms with Crippen LogP contribution in [0.25, 0.3) is 11.3 Å². The zero-order valence-electron chi connectivity index (χ0n) is 9.99. The molecule has 90 valence electrons. The van der Waals surface area contributed by atoms with Gasteiger partial charge in [0.15, 0.2) is 0 Å². The largest absolute Gasteiger partial charge is 0.386 e. The van der Waals surface area contributed by atoms with E-state index in [2.05, 4.69) is 40.0 Å². The zero-order chi connectivity index (χ0) is 12.6. The van der Waals surface area contributed by atoms with Gasteiger partial charge >= 0.3 is 0 Å². The Morgan fingerprint density at radius 1 is 1.35 bits per heavy atom. The molecule has 1 aromatic carbocycles. The fourth-order valence-corrected chi connectivity index (χ4v) is 2.93. The highest BCUT2D eigenvalue weighted by molar-refractivity contribution is 9.10. The summed E-state index contributed by atoms with van der Waals surface area (Å²) in [6, 6.07) is 6.17. The molecule has 0 saturated heterocycles. The summed E-state index contributed by atoms with van der Waals surface area (Å²) in [4.78, 5) is 5.67. The number of nitrogens with zero attached hydrogens (tertiary/aromatic N) is 1. The third-order valence-electron chi connectivity index (χ3n) is 2.63. The van der Waals surface area contributed by atoms with Crippen LogP contribution in [0.2, 0.25) is 0 Å². The van der Waals surface area contributed by atoms with Crippen LogP contribution in [0.1, 0.15) is 28.5 Å². The average Bonchev–Trinajstić information content (AvgIpc) is 2.64. The minimum Gasteiger partial charge on any atom is -0.386 e. The number of thiazole rings is 1. The topological polar surface area (TPSA) is 33.1 Å². The number of halogens is 1. The number of hydrogen-bond donors (Lipinski definition) is 1. The first-order valence-electron chi connectivity index (χ1n) is 5.41. The average molecular weight is 312 g/mol. The van der Waals surface area contributed by atoms with Gasteiger partial charge in [0, 0.05) is 14.9 Å². The number of hydrogen-bond acceptors (Lipinski definition) is 3. The van der Waals surface area contributed by atoms with Crippen molar-refractivity contribution < 1.29 is 5.11 Å². The van der Waals surface area contributed by atoms with E-state index in [0.29, 0.717) is 0 Å². The van der Waals surface area contributed by atoms with E-state index in [9.17, 15) is 5.11 Å². The Hall–Kier alpha value is -0.710. The molecule has 1 aromatic heterocycles. The summed E-state index contributed by atoms with van der Waals surface area (Å²) in [6.07, 6.45) is -0.500. The molecular weight excluding hydrogens is 298 g/mol. The standard InChI is InChI=1S/C13H14BrNOS/c1-7-4-5-10(14)6-11(7)12-9(3)17-13(15-12)8(2)16/h4-6,8,16H,1-3H3. The first kappa shape index (κ1) is 12.7. The quantitative estimate of drug-likeness (QED) is 0.899. The lowest BCUT2D eigenvalue weighted by Crippen LogP contribution is -1.90. The van der Waals surface area contributed by atoms with Gasteiger partial charge in [-0.15, -0.1) is 11.3 Å². The Morgan fingerprint density at radius 3 is 2.65 bits per heavy atom. The van der Waals surface area contributed by atoms with Gasteiger partial charge < -0.3 is 5.11 Å². The van der Waals surface area contributed by atoms with E-state index in [-0.39, 0.29) is 0 Å². The molecular formula is C13H14BrNOS. The van der Waals surface area contributed by atoms with Crippen LogP contribution in [0.5, 0.6) is 0 Å². The molecule has 0 aliphatic carbocycles. The molecule has 0 spiro atoms. The molecule has 1 N–H and O–H groups in total. The summed E-state index contributed by atoms with van der Waals surface area (Å²) in [5, 5.41) is 10.3. The van der Waals surface area contributed by atoms with Gasteiger partial charge in [-0.1, -0.05) is 22.0 Å².